The van der Waals surface area contributed by atoms with Crippen LogP contribution >= 0.6 is 23.2 Å². The average molecular weight is 245 g/mol. The van der Waals surface area contributed by atoms with Crippen molar-refractivity contribution in [2.45, 2.75) is 12.5 Å². The molecule has 0 spiro atoms. The molecule has 2 N–H and O–H groups in total. The summed E-state index contributed by atoms with van der Waals surface area (Å²) in [6.45, 7) is 2.29. The lowest BCUT2D eigenvalue weighted by Crippen LogP contribution is -2.21. The maximum absolute atomic E-state index is 6.11. The Morgan fingerprint density at radius 2 is 2.20 bits per heavy atom. The van der Waals surface area contributed by atoms with E-state index in [-0.39, 0.29) is 6.02 Å². The van der Waals surface area contributed by atoms with Crippen LogP contribution in [0.15, 0.2) is 23.2 Å². The van der Waals surface area contributed by atoms with Crippen molar-refractivity contribution >= 4 is 29.2 Å². The summed E-state index contributed by atoms with van der Waals surface area (Å²) in [5, 5.41) is 1.01. The zero-order valence-electron chi connectivity index (χ0n) is 8.13. The van der Waals surface area contributed by atoms with E-state index in [1.807, 2.05) is 19.1 Å². The Bertz CT molecular complexity index is 433. The monoisotopic (exact) mass is 244 g/mol. The second-order valence-corrected chi connectivity index (χ2v) is 4.40. The third-order valence-corrected chi connectivity index (χ3v) is 3.21. The largest absolute Gasteiger partial charge is 0.462 e. The zero-order valence-corrected chi connectivity index (χ0v) is 9.64. The standard InChI is InChI=1S/C10H10Cl2N2O/c1-10(5-15-9(13)14-10)6-3-2-4-7(11)8(6)12/h2-4H,5H2,1H3,(H2,13,14)/t10-/m1/s1. The topological polar surface area (TPSA) is 47.6 Å². The van der Waals surface area contributed by atoms with Gasteiger partial charge >= 0.3 is 0 Å². The number of nitrogens with zero attached hydrogens (tertiary/aromatic N) is 1. The van der Waals surface area contributed by atoms with Crippen LogP contribution in [0.5, 0.6) is 0 Å². The first kappa shape index (κ1) is 10.6. The summed E-state index contributed by atoms with van der Waals surface area (Å²) < 4.78 is 5.14. The highest BCUT2D eigenvalue weighted by molar-refractivity contribution is 6.42. The number of aliphatic imine (C=N–C) groups is 1. The van der Waals surface area contributed by atoms with Crippen LogP contribution in [0.3, 0.4) is 0 Å². The zero-order chi connectivity index (χ0) is 11.1. The highest BCUT2D eigenvalue weighted by atomic mass is 35.5. The molecule has 1 aromatic rings. The van der Waals surface area contributed by atoms with E-state index >= 15 is 0 Å². The highest BCUT2D eigenvalue weighted by Crippen LogP contribution is 2.37. The molecular weight excluding hydrogens is 235 g/mol. The second-order valence-electron chi connectivity index (χ2n) is 3.61. The molecule has 0 aromatic heterocycles. The van der Waals surface area contributed by atoms with Gasteiger partial charge in [0.15, 0.2) is 0 Å². The Morgan fingerprint density at radius 3 is 2.80 bits per heavy atom. The summed E-state index contributed by atoms with van der Waals surface area (Å²) >= 11 is 12.1. The number of halogens is 2. The maximum Gasteiger partial charge on any atom is 0.283 e. The normalized spacial score (nSPS) is 24.9. The lowest BCUT2D eigenvalue weighted by atomic mass is 9.94. The average Bonchev–Trinajstić information content (AvgIpc) is 2.52. The Labute approximate surface area is 97.8 Å². The Balaban J connectivity index is 2.50. The molecular formula is C10H10Cl2N2O. The van der Waals surface area contributed by atoms with Crippen molar-refractivity contribution in [3.63, 3.8) is 0 Å². The predicted molar refractivity (Wildman–Crippen MR) is 61.4 cm³/mol. The molecule has 0 fully saturated rings. The third-order valence-electron chi connectivity index (χ3n) is 2.39. The molecule has 1 aliphatic heterocycles. The van der Waals surface area contributed by atoms with Gasteiger partial charge in [0.1, 0.15) is 12.1 Å². The molecule has 0 unspecified atom stereocenters. The molecule has 1 aliphatic rings. The molecule has 0 aliphatic carbocycles. The molecule has 2 rings (SSSR count). The van der Waals surface area contributed by atoms with Gasteiger partial charge in [-0.15, -0.1) is 0 Å². The molecule has 0 bridgehead atoms. The van der Waals surface area contributed by atoms with Crippen LogP contribution in [-0.4, -0.2) is 12.6 Å². The Hall–Kier alpha value is -0.930. The number of hydrogen-bond donors (Lipinski definition) is 1. The van der Waals surface area contributed by atoms with Gasteiger partial charge in [0.05, 0.1) is 10.0 Å². The summed E-state index contributed by atoms with van der Waals surface area (Å²) in [6.07, 6.45) is 0. The summed E-state index contributed by atoms with van der Waals surface area (Å²) in [6, 6.07) is 5.63. The summed E-state index contributed by atoms with van der Waals surface area (Å²) in [4.78, 5) is 4.22. The SMILES string of the molecule is C[C@]1(c2cccc(Cl)c2Cl)COC(N)=N1. The molecule has 0 saturated heterocycles. The first-order valence-corrected chi connectivity index (χ1v) is 5.21. The van der Waals surface area contributed by atoms with Crippen molar-refractivity contribution in [1.82, 2.24) is 0 Å². The summed E-state index contributed by atoms with van der Waals surface area (Å²) in [5.74, 6) is 0. The molecule has 1 atom stereocenters. The van der Waals surface area contributed by atoms with Crippen LogP contribution in [0.2, 0.25) is 10.0 Å². The second kappa shape index (κ2) is 3.58. The lowest BCUT2D eigenvalue weighted by Gasteiger charge is -2.20. The molecule has 80 valence electrons. The van der Waals surface area contributed by atoms with Crippen molar-refractivity contribution in [3.05, 3.63) is 33.8 Å². The molecule has 0 radical (unpaired) electrons. The van der Waals surface area contributed by atoms with Crippen molar-refractivity contribution in [1.29, 1.82) is 0 Å². The molecule has 5 heteroatoms. The van der Waals surface area contributed by atoms with Crippen molar-refractivity contribution < 1.29 is 4.74 Å². The van der Waals surface area contributed by atoms with E-state index in [0.717, 1.165) is 5.56 Å². The van der Waals surface area contributed by atoms with Gasteiger partial charge in [-0.1, -0.05) is 35.3 Å². The molecule has 1 aromatic carbocycles. The lowest BCUT2D eigenvalue weighted by molar-refractivity contribution is 0.266. The minimum absolute atomic E-state index is 0.188. The first-order valence-electron chi connectivity index (χ1n) is 4.45. The van der Waals surface area contributed by atoms with Gasteiger partial charge in [-0.25, -0.2) is 4.99 Å². The van der Waals surface area contributed by atoms with Crippen molar-refractivity contribution in [3.8, 4) is 0 Å². The smallest absolute Gasteiger partial charge is 0.283 e. The minimum atomic E-state index is -0.536. The fourth-order valence-corrected chi connectivity index (χ4v) is 2.08. The van der Waals surface area contributed by atoms with Gasteiger partial charge in [0, 0.05) is 5.56 Å². The maximum atomic E-state index is 6.11. The van der Waals surface area contributed by atoms with E-state index < -0.39 is 5.54 Å². The summed E-state index contributed by atoms with van der Waals surface area (Å²) in [7, 11) is 0. The van der Waals surface area contributed by atoms with E-state index in [1.54, 1.807) is 6.07 Å². The molecule has 1 heterocycles. The van der Waals surface area contributed by atoms with Gasteiger partial charge in [0.2, 0.25) is 0 Å². The van der Waals surface area contributed by atoms with Gasteiger partial charge in [0.25, 0.3) is 6.02 Å². The quantitative estimate of drug-likeness (QED) is 0.826. The number of amidine groups is 1. The van der Waals surface area contributed by atoms with Crippen molar-refractivity contribution in [2.75, 3.05) is 6.61 Å². The van der Waals surface area contributed by atoms with Crippen LogP contribution in [-0.2, 0) is 10.3 Å². The van der Waals surface area contributed by atoms with Gasteiger partial charge in [-0.05, 0) is 13.0 Å². The minimum Gasteiger partial charge on any atom is -0.462 e. The summed E-state index contributed by atoms with van der Waals surface area (Å²) in [5.41, 5.74) is 5.78. The van der Waals surface area contributed by atoms with E-state index in [1.165, 1.54) is 0 Å². The number of ether oxygens (including phenoxy) is 1. The fourth-order valence-electron chi connectivity index (χ4n) is 1.58. The van der Waals surface area contributed by atoms with Crippen molar-refractivity contribution in [2.24, 2.45) is 10.7 Å². The van der Waals surface area contributed by atoms with E-state index in [4.69, 9.17) is 33.7 Å². The van der Waals surface area contributed by atoms with Gasteiger partial charge in [-0.3, -0.25) is 0 Å². The predicted octanol–water partition coefficient (Wildman–Crippen LogP) is 2.55. The van der Waals surface area contributed by atoms with Gasteiger partial charge < -0.3 is 10.5 Å². The number of nitrogens with two attached hydrogens (primary N) is 1. The molecule has 15 heavy (non-hydrogen) atoms. The van der Waals surface area contributed by atoms with E-state index in [2.05, 4.69) is 4.99 Å². The van der Waals surface area contributed by atoms with Crippen LogP contribution in [0.1, 0.15) is 12.5 Å². The number of rotatable bonds is 1. The number of benzene rings is 1. The highest BCUT2D eigenvalue weighted by Gasteiger charge is 2.35. The fraction of sp³-hybridized carbons (Fsp3) is 0.300. The Kier molecular flexibility index (Phi) is 2.52. The molecule has 3 nitrogen and oxygen atoms in total. The van der Waals surface area contributed by atoms with Crippen LogP contribution in [0.4, 0.5) is 0 Å². The van der Waals surface area contributed by atoms with E-state index in [0.29, 0.717) is 16.7 Å². The van der Waals surface area contributed by atoms with E-state index in [9.17, 15) is 0 Å². The first-order chi connectivity index (χ1) is 7.03. The van der Waals surface area contributed by atoms with Crippen LogP contribution < -0.4 is 5.73 Å². The Morgan fingerprint density at radius 1 is 1.47 bits per heavy atom. The number of hydrogen-bond acceptors (Lipinski definition) is 3. The molecule has 0 saturated carbocycles. The third kappa shape index (κ3) is 1.77. The van der Waals surface area contributed by atoms with Crippen LogP contribution in [0, 0.1) is 0 Å². The molecule has 0 amide bonds. The van der Waals surface area contributed by atoms with Crippen LogP contribution in [0.25, 0.3) is 0 Å². The van der Waals surface area contributed by atoms with Gasteiger partial charge in [-0.2, -0.15) is 0 Å².